The van der Waals surface area contributed by atoms with Gasteiger partial charge >= 0.3 is 5.97 Å². The van der Waals surface area contributed by atoms with Crippen LogP contribution < -0.4 is 4.74 Å². The van der Waals surface area contributed by atoms with Gasteiger partial charge in [0.2, 0.25) is 5.78 Å². The van der Waals surface area contributed by atoms with Gasteiger partial charge in [0.25, 0.3) is 0 Å². The molecule has 0 aliphatic rings. The molecule has 0 saturated carbocycles. The first-order valence-electron chi connectivity index (χ1n) is 6.48. The Hall–Kier alpha value is -3.02. The van der Waals surface area contributed by atoms with Crippen molar-refractivity contribution in [3.8, 4) is 5.75 Å². The first-order chi connectivity index (χ1) is 10.6. The van der Waals surface area contributed by atoms with E-state index in [1.807, 2.05) is 6.07 Å². The van der Waals surface area contributed by atoms with E-state index in [1.54, 1.807) is 30.5 Å². The summed E-state index contributed by atoms with van der Waals surface area (Å²) in [4.78, 5) is 37.5. The van der Waals surface area contributed by atoms with Crippen LogP contribution in [-0.2, 0) is 16.2 Å². The molecule has 1 N–H and O–H groups in total. The van der Waals surface area contributed by atoms with E-state index >= 15 is 0 Å². The van der Waals surface area contributed by atoms with Gasteiger partial charge in [-0.2, -0.15) is 0 Å². The van der Waals surface area contributed by atoms with Crippen molar-refractivity contribution < 1.29 is 24.2 Å². The van der Waals surface area contributed by atoms with E-state index in [0.29, 0.717) is 5.75 Å². The second kappa shape index (κ2) is 7.12. The number of aromatic nitrogens is 1. The number of carboxylic acids is 1. The molecule has 2 aromatic rings. The normalized spacial score (nSPS) is 10.0. The van der Waals surface area contributed by atoms with E-state index in [0.717, 1.165) is 5.69 Å². The molecule has 1 aromatic carbocycles. The fourth-order valence-electron chi connectivity index (χ4n) is 1.72. The number of pyridine rings is 1. The zero-order valence-electron chi connectivity index (χ0n) is 11.6. The third-order valence-corrected chi connectivity index (χ3v) is 2.83. The summed E-state index contributed by atoms with van der Waals surface area (Å²) >= 11 is 0. The topological polar surface area (TPSA) is 93.6 Å². The Kier molecular flexibility index (Phi) is 4.98. The van der Waals surface area contributed by atoms with Gasteiger partial charge in [0.05, 0.1) is 12.1 Å². The molecule has 0 aliphatic carbocycles. The van der Waals surface area contributed by atoms with Gasteiger partial charge in [-0.05, 0) is 24.3 Å². The number of aliphatic carboxylic acids is 1. The molecule has 6 nitrogen and oxygen atoms in total. The predicted octanol–water partition coefficient (Wildman–Crippen LogP) is 1.89. The molecule has 0 unspecified atom stereocenters. The Labute approximate surface area is 126 Å². The number of benzene rings is 1. The standard InChI is InChI=1S/C16H13NO5/c18-14(9-15(19)16(20)21)11-4-3-6-13(8-11)22-10-12-5-1-2-7-17-12/h1-8H,9-10H2,(H,20,21). The SMILES string of the molecule is O=C(O)C(=O)CC(=O)c1cccc(OCc2ccccn2)c1. The molecule has 0 atom stereocenters. The van der Waals surface area contributed by atoms with E-state index in [9.17, 15) is 14.4 Å². The average Bonchev–Trinajstić information content (AvgIpc) is 2.54. The molecule has 22 heavy (non-hydrogen) atoms. The number of rotatable bonds is 7. The highest BCUT2D eigenvalue weighted by molar-refractivity contribution is 6.37. The Morgan fingerprint density at radius 3 is 2.59 bits per heavy atom. The van der Waals surface area contributed by atoms with Crippen molar-refractivity contribution in [1.29, 1.82) is 0 Å². The lowest BCUT2D eigenvalue weighted by Crippen LogP contribution is -2.17. The molecule has 0 radical (unpaired) electrons. The van der Waals surface area contributed by atoms with Gasteiger partial charge < -0.3 is 9.84 Å². The first-order valence-corrected chi connectivity index (χ1v) is 6.48. The lowest BCUT2D eigenvalue weighted by molar-refractivity contribution is -0.148. The van der Waals surface area contributed by atoms with Crippen LogP contribution in [0.3, 0.4) is 0 Å². The number of carbonyl (C=O) groups excluding carboxylic acids is 2. The molecule has 0 fully saturated rings. The van der Waals surface area contributed by atoms with Crippen molar-refractivity contribution in [1.82, 2.24) is 4.98 Å². The Balaban J connectivity index is 2.02. The number of carboxylic acid groups (broad SMARTS) is 1. The van der Waals surface area contributed by atoms with Crippen LogP contribution in [0, 0.1) is 0 Å². The number of Topliss-reactive ketones (excluding diaryl/α,β-unsaturated/α-hetero) is 2. The number of nitrogens with zero attached hydrogens (tertiary/aromatic N) is 1. The second-order valence-corrected chi connectivity index (χ2v) is 4.47. The monoisotopic (exact) mass is 299 g/mol. The van der Waals surface area contributed by atoms with E-state index < -0.39 is 24.0 Å². The van der Waals surface area contributed by atoms with Crippen molar-refractivity contribution in [3.63, 3.8) is 0 Å². The fourth-order valence-corrected chi connectivity index (χ4v) is 1.72. The summed E-state index contributed by atoms with van der Waals surface area (Å²) in [7, 11) is 0. The smallest absolute Gasteiger partial charge is 0.372 e. The summed E-state index contributed by atoms with van der Waals surface area (Å²) < 4.78 is 5.52. The molecule has 0 bridgehead atoms. The molecular formula is C16H13NO5. The molecule has 1 heterocycles. The summed E-state index contributed by atoms with van der Waals surface area (Å²) in [5.74, 6) is -2.87. The molecule has 0 saturated heterocycles. The molecule has 6 heteroatoms. The van der Waals surface area contributed by atoms with Crippen LogP contribution in [0.15, 0.2) is 48.7 Å². The van der Waals surface area contributed by atoms with Crippen molar-refractivity contribution in [2.24, 2.45) is 0 Å². The highest BCUT2D eigenvalue weighted by Gasteiger charge is 2.18. The quantitative estimate of drug-likeness (QED) is 0.476. The number of ether oxygens (including phenoxy) is 1. The summed E-state index contributed by atoms with van der Waals surface area (Å²) in [5, 5.41) is 8.51. The summed E-state index contributed by atoms with van der Waals surface area (Å²) in [5.41, 5.74) is 0.966. The molecule has 112 valence electrons. The van der Waals surface area contributed by atoms with Crippen LogP contribution in [0.1, 0.15) is 22.5 Å². The molecular weight excluding hydrogens is 286 g/mol. The predicted molar refractivity (Wildman–Crippen MR) is 76.6 cm³/mol. The van der Waals surface area contributed by atoms with Gasteiger partial charge in [-0.15, -0.1) is 0 Å². The maximum Gasteiger partial charge on any atom is 0.372 e. The summed E-state index contributed by atoms with van der Waals surface area (Å²) in [6.07, 6.45) is 0.981. The van der Waals surface area contributed by atoms with E-state index in [2.05, 4.69) is 4.98 Å². The van der Waals surface area contributed by atoms with Crippen LogP contribution in [0.2, 0.25) is 0 Å². The lowest BCUT2D eigenvalue weighted by atomic mass is 10.1. The zero-order chi connectivity index (χ0) is 15.9. The van der Waals surface area contributed by atoms with Crippen LogP contribution in [0.4, 0.5) is 0 Å². The van der Waals surface area contributed by atoms with Crippen LogP contribution in [0.5, 0.6) is 5.75 Å². The Morgan fingerprint density at radius 1 is 1.09 bits per heavy atom. The van der Waals surface area contributed by atoms with Crippen LogP contribution in [-0.4, -0.2) is 27.6 Å². The number of hydrogen-bond donors (Lipinski definition) is 1. The maximum atomic E-state index is 11.8. The number of ketones is 2. The van der Waals surface area contributed by atoms with Crippen molar-refractivity contribution in [2.75, 3.05) is 0 Å². The molecule has 2 rings (SSSR count). The van der Waals surface area contributed by atoms with Gasteiger partial charge in [0, 0.05) is 11.8 Å². The van der Waals surface area contributed by atoms with Crippen molar-refractivity contribution in [3.05, 3.63) is 59.9 Å². The third-order valence-electron chi connectivity index (χ3n) is 2.83. The highest BCUT2D eigenvalue weighted by atomic mass is 16.5. The minimum Gasteiger partial charge on any atom is -0.487 e. The maximum absolute atomic E-state index is 11.8. The van der Waals surface area contributed by atoms with Gasteiger partial charge in [-0.3, -0.25) is 14.6 Å². The van der Waals surface area contributed by atoms with Crippen molar-refractivity contribution >= 4 is 17.5 Å². The van der Waals surface area contributed by atoms with E-state index in [-0.39, 0.29) is 12.2 Å². The van der Waals surface area contributed by atoms with E-state index in [4.69, 9.17) is 9.84 Å². The van der Waals surface area contributed by atoms with Crippen molar-refractivity contribution in [2.45, 2.75) is 13.0 Å². The van der Waals surface area contributed by atoms with Gasteiger partial charge in [-0.1, -0.05) is 18.2 Å². The number of carbonyl (C=O) groups is 3. The summed E-state index contributed by atoms with van der Waals surface area (Å²) in [6, 6.07) is 11.7. The zero-order valence-corrected chi connectivity index (χ0v) is 11.6. The van der Waals surface area contributed by atoms with Gasteiger partial charge in [0.15, 0.2) is 5.78 Å². The Bertz CT molecular complexity index is 697. The lowest BCUT2D eigenvalue weighted by Gasteiger charge is -2.07. The molecule has 0 spiro atoms. The number of hydrogen-bond acceptors (Lipinski definition) is 5. The Morgan fingerprint density at radius 2 is 1.91 bits per heavy atom. The minimum absolute atomic E-state index is 0.230. The molecule has 0 amide bonds. The van der Waals surface area contributed by atoms with Gasteiger partial charge in [0.1, 0.15) is 12.4 Å². The second-order valence-electron chi connectivity index (χ2n) is 4.47. The first kappa shape index (κ1) is 15.4. The summed E-state index contributed by atoms with van der Waals surface area (Å²) in [6.45, 7) is 0.243. The van der Waals surface area contributed by atoms with E-state index in [1.165, 1.54) is 12.1 Å². The average molecular weight is 299 g/mol. The molecule has 1 aromatic heterocycles. The van der Waals surface area contributed by atoms with Gasteiger partial charge in [-0.25, -0.2) is 4.79 Å². The fraction of sp³-hybridized carbons (Fsp3) is 0.125. The third kappa shape index (κ3) is 4.24. The van der Waals surface area contributed by atoms with Crippen LogP contribution >= 0.6 is 0 Å². The van der Waals surface area contributed by atoms with Crippen LogP contribution in [0.25, 0.3) is 0 Å². The molecule has 0 aliphatic heterocycles. The minimum atomic E-state index is -1.61. The highest BCUT2D eigenvalue weighted by Crippen LogP contribution is 2.16. The largest absolute Gasteiger partial charge is 0.487 e.